The van der Waals surface area contributed by atoms with E-state index in [1.165, 1.54) is 4.31 Å². The third-order valence-electron chi connectivity index (χ3n) is 2.61. The lowest BCUT2D eigenvalue weighted by molar-refractivity contribution is 0.120. The van der Waals surface area contributed by atoms with E-state index in [1.807, 2.05) is 9.62 Å². The number of carbonyl (C=O) groups excluding carboxylic acids is 1. The van der Waals surface area contributed by atoms with Crippen molar-refractivity contribution >= 4 is 33.5 Å². The molecule has 10 heteroatoms. The van der Waals surface area contributed by atoms with Crippen LogP contribution in [0.3, 0.4) is 0 Å². The molecule has 116 valence electrons. The van der Waals surface area contributed by atoms with Gasteiger partial charge in [0.25, 0.3) is 0 Å². The second-order valence-electron chi connectivity index (χ2n) is 4.70. The molecule has 8 nitrogen and oxygen atoms in total. The van der Waals surface area contributed by atoms with Crippen LogP contribution in [0.4, 0.5) is 4.79 Å². The van der Waals surface area contributed by atoms with E-state index in [0.717, 1.165) is 0 Å². The van der Waals surface area contributed by atoms with E-state index in [-0.39, 0.29) is 19.2 Å². The molecule has 3 N–H and O–H groups in total. The molecule has 20 heavy (non-hydrogen) atoms. The summed E-state index contributed by atoms with van der Waals surface area (Å²) in [6.45, 7) is 5.31. The van der Waals surface area contributed by atoms with Crippen LogP contribution in [0.2, 0.25) is 0 Å². The second-order valence-corrected chi connectivity index (χ2v) is 6.90. The predicted molar refractivity (Wildman–Crippen MR) is 78.5 cm³/mol. The number of nitrogens with one attached hydrogen (secondary N) is 1. The quantitative estimate of drug-likeness (QED) is 0.642. The maximum Gasteiger partial charge on any atom is 0.422 e. The Bertz CT molecular complexity index is 458. The van der Waals surface area contributed by atoms with Crippen LogP contribution >= 0.6 is 12.2 Å². The molecule has 1 fully saturated rings. The lowest BCUT2D eigenvalue weighted by Gasteiger charge is -2.33. The minimum Gasteiger partial charge on any atom is -0.446 e. The zero-order chi connectivity index (χ0) is 15.3. The largest absolute Gasteiger partial charge is 0.446 e. The predicted octanol–water partition coefficient (Wildman–Crippen LogP) is -0.730. The number of thiocarbonyl (C=S) groups is 1. The number of rotatable bonds is 5. The van der Waals surface area contributed by atoms with E-state index >= 15 is 0 Å². The molecule has 0 aromatic rings. The number of piperazine rings is 1. The molecular weight excluding hydrogens is 304 g/mol. The standard InChI is InChI=1S/C10H20N4O4S2/c1-8(2)18-10(15)12-20(16,17)14-5-3-13(4-6-14)7-9(11)19/h8H,3-7H2,1-2H3,(H2,11,19)(H,12,15). The molecule has 1 aliphatic rings. The Morgan fingerprint density at radius 2 is 1.90 bits per heavy atom. The van der Waals surface area contributed by atoms with Crippen molar-refractivity contribution in [1.82, 2.24) is 13.9 Å². The fourth-order valence-electron chi connectivity index (χ4n) is 1.76. The molecule has 0 atom stereocenters. The lowest BCUT2D eigenvalue weighted by Crippen LogP contribution is -2.54. The van der Waals surface area contributed by atoms with Gasteiger partial charge >= 0.3 is 16.3 Å². The highest BCUT2D eigenvalue weighted by Gasteiger charge is 2.29. The van der Waals surface area contributed by atoms with Crippen LogP contribution in [0.15, 0.2) is 0 Å². The van der Waals surface area contributed by atoms with E-state index in [9.17, 15) is 13.2 Å². The summed E-state index contributed by atoms with van der Waals surface area (Å²) in [6, 6.07) is 0. The Kier molecular flexibility index (Phi) is 6.11. The van der Waals surface area contributed by atoms with E-state index in [1.54, 1.807) is 13.8 Å². The average Bonchev–Trinajstić information content (AvgIpc) is 2.26. The number of hydrogen-bond acceptors (Lipinski definition) is 6. The van der Waals surface area contributed by atoms with Crippen molar-refractivity contribution in [2.24, 2.45) is 5.73 Å². The molecule has 0 radical (unpaired) electrons. The first-order valence-electron chi connectivity index (χ1n) is 6.20. The van der Waals surface area contributed by atoms with Gasteiger partial charge in [0.1, 0.15) is 0 Å². The van der Waals surface area contributed by atoms with Crippen LogP contribution in [-0.4, -0.2) is 67.5 Å². The van der Waals surface area contributed by atoms with Crippen molar-refractivity contribution in [2.45, 2.75) is 20.0 Å². The number of ether oxygens (including phenoxy) is 1. The molecular formula is C10H20N4O4S2. The van der Waals surface area contributed by atoms with Crippen molar-refractivity contribution in [1.29, 1.82) is 0 Å². The van der Waals surface area contributed by atoms with Crippen LogP contribution in [0.1, 0.15) is 13.8 Å². The molecule has 0 aromatic heterocycles. The summed E-state index contributed by atoms with van der Waals surface area (Å²) in [5.74, 6) is 0. The van der Waals surface area contributed by atoms with Crippen molar-refractivity contribution in [2.75, 3.05) is 32.7 Å². The maximum absolute atomic E-state index is 12.0. The van der Waals surface area contributed by atoms with Crippen molar-refractivity contribution in [3.63, 3.8) is 0 Å². The van der Waals surface area contributed by atoms with Crippen LogP contribution in [0.25, 0.3) is 0 Å². The van der Waals surface area contributed by atoms with E-state index in [2.05, 4.69) is 0 Å². The smallest absolute Gasteiger partial charge is 0.422 e. The molecule has 0 spiro atoms. The number of hydrogen-bond donors (Lipinski definition) is 2. The molecule has 0 bridgehead atoms. The van der Waals surface area contributed by atoms with Crippen molar-refractivity contribution in [3.8, 4) is 0 Å². The summed E-state index contributed by atoms with van der Waals surface area (Å²) < 4.78 is 31.7. The van der Waals surface area contributed by atoms with Crippen LogP contribution in [0.5, 0.6) is 0 Å². The van der Waals surface area contributed by atoms with Gasteiger partial charge in [-0.05, 0) is 13.8 Å². The van der Waals surface area contributed by atoms with Crippen LogP contribution < -0.4 is 10.5 Å². The number of nitrogens with two attached hydrogens (primary N) is 1. The van der Waals surface area contributed by atoms with Crippen molar-refractivity contribution in [3.05, 3.63) is 0 Å². The molecule has 0 unspecified atom stereocenters. The maximum atomic E-state index is 12.0. The summed E-state index contributed by atoms with van der Waals surface area (Å²) in [6.07, 6.45) is -1.35. The molecule has 0 saturated carbocycles. The van der Waals surface area contributed by atoms with Gasteiger partial charge in [-0.15, -0.1) is 0 Å². The Balaban J connectivity index is 2.50. The first-order valence-corrected chi connectivity index (χ1v) is 8.04. The number of nitrogens with zero attached hydrogens (tertiary/aromatic N) is 2. The van der Waals surface area contributed by atoms with Gasteiger partial charge in [0.15, 0.2) is 0 Å². The third kappa shape index (κ3) is 5.57. The SMILES string of the molecule is CC(C)OC(=O)NS(=O)(=O)N1CCN(CC(N)=S)CC1. The summed E-state index contributed by atoms with van der Waals surface area (Å²) in [4.78, 5) is 13.7. The zero-order valence-electron chi connectivity index (χ0n) is 11.5. The highest BCUT2D eigenvalue weighted by Crippen LogP contribution is 2.06. The molecule has 1 saturated heterocycles. The highest BCUT2D eigenvalue weighted by molar-refractivity contribution is 7.87. The molecule has 1 heterocycles. The van der Waals surface area contributed by atoms with Crippen LogP contribution in [0, 0.1) is 0 Å². The van der Waals surface area contributed by atoms with Gasteiger partial charge in [0, 0.05) is 32.7 Å². The third-order valence-corrected chi connectivity index (χ3v) is 4.20. The van der Waals surface area contributed by atoms with Gasteiger partial charge in [-0.2, -0.15) is 12.7 Å². The fourth-order valence-corrected chi connectivity index (χ4v) is 2.97. The van der Waals surface area contributed by atoms with E-state index < -0.39 is 16.3 Å². The molecule has 0 aromatic carbocycles. The molecule has 1 aliphatic heterocycles. The lowest BCUT2D eigenvalue weighted by atomic mass is 10.3. The summed E-state index contributed by atoms with van der Waals surface area (Å²) in [5.41, 5.74) is 5.44. The average molecular weight is 324 g/mol. The second kappa shape index (κ2) is 7.16. The number of carbonyl (C=O) groups is 1. The van der Waals surface area contributed by atoms with Crippen molar-refractivity contribution < 1.29 is 17.9 Å². The summed E-state index contributed by atoms with van der Waals surface area (Å²) in [5, 5.41) is 0. The minimum atomic E-state index is -3.86. The van der Waals surface area contributed by atoms with Gasteiger partial charge in [-0.1, -0.05) is 12.2 Å². The molecule has 1 amide bonds. The van der Waals surface area contributed by atoms with E-state index in [4.69, 9.17) is 22.7 Å². The monoisotopic (exact) mass is 324 g/mol. The topological polar surface area (TPSA) is 105 Å². The minimum absolute atomic E-state index is 0.271. The van der Waals surface area contributed by atoms with Gasteiger partial charge in [0.2, 0.25) is 0 Å². The van der Waals surface area contributed by atoms with E-state index in [0.29, 0.717) is 24.6 Å². The first kappa shape index (κ1) is 17.1. The van der Waals surface area contributed by atoms with Gasteiger partial charge in [-0.25, -0.2) is 9.52 Å². The van der Waals surface area contributed by atoms with Gasteiger partial charge in [-0.3, -0.25) is 4.90 Å². The molecule has 0 aliphatic carbocycles. The van der Waals surface area contributed by atoms with Gasteiger partial charge in [0.05, 0.1) is 11.1 Å². The van der Waals surface area contributed by atoms with Gasteiger partial charge < -0.3 is 10.5 Å². The fraction of sp³-hybridized carbons (Fsp3) is 0.800. The number of amides is 1. The Labute approximate surface area is 124 Å². The highest BCUT2D eigenvalue weighted by atomic mass is 32.2. The Morgan fingerprint density at radius 3 is 2.35 bits per heavy atom. The summed E-state index contributed by atoms with van der Waals surface area (Å²) >= 11 is 4.81. The normalized spacial score (nSPS) is 17.9. The Morgan fingerprint density at radius 1 is 1.35 bits per heavy atom. The Hall–Kier alpha value is -0.970. The zero-order valence-corrected chi connectivity index (χ0v) is 13.2. The first-order chi connectivity index (χ1) is 9.20. The van der Waals surface area contributed by atoms with Crippen LogP contribution in [-0.2, 0) is 14.9 Å². The molecule has 1 rings (SSSR count). The summed E-state index contributed by atoms with van der Waals surface area (Å²) in [7, 11) is -3.86.